The molecule has 2 unspecified atom stereocenters. The Kier molecular flexibility index (Phi) is 6.81. The highest BCUT2D eigenvalue weighted by atomic mass is 16.6. The Morgan fingerprint density at radius 3 is 2.26 bits per heavy atom. The second-order valence-electron chi connectivity index (χ2n) is 8.50. The number of hydrogen-bond acceptors (Lipinski definition) is 5. The normalized spacial score (nSPS) is 20.2. The minimum Gasteiger partial charge on any atom is -0.438 e. The highest BCUT2D eigenvalue weighted by Gasteiger charge is 2.48. The van der Waals surface area contributed by atoms with Crippen LogP contribution in [0, 0.1) is 0 Å². The first kappa shape index (κ1) is 23.3. The molecule has 0 bridgehead atoms. The van der Waals surface area contributed by atoms with Crippen LogP contribution in [0.2, 0.25) is 0 Å². The van der Waals surface area contributed by atoms with Crippen molar-refractivity contribution in [2.45, 2.75) is 32.5 Å². The molecule has 2 aromatic carbocycles. The van der Waals surface area contributed by atoms with E-state index in [0.717, 1.165) is 5.56 Å². The van der Waals surface area contributed by atoms with Crippen LogP contribution in [0.15, 0.2) is 54.6 Å². The maximum Gasteiger partial charge on any atom is 0.411 e. The van der Waals surface area contributed by atoms with Crippen molar-refractivity contribution in [2.75, 3.05) is 31.5 Å². The van der Waals surface area contributed by atoms with Crippen LogP contribution in [0.5, 0.6) is 0 Å². The van der Waals surface area contributed by atoms with Crippen molar-refractivity contribution >= 4 is 29.5 Å². The van der Waals surface area contributed by atoms with Crippen molar-refractivity contribution in [3.8, 4) is 0 Å². The Morgan fingerprint density at radius 2 is 1.62 bits per heavy atom. The number of cyclic esters (lactones) is 1. The van der Waals surface area contributed by atoms with Gasteiger partial charge in [0, 0.05) is 45.7 Å². The Bertz CT molecular complexity index is 1080. The van der Waals surface area contributed by atoms with E-state index in [1.165, 1.54) is 18.7 Å². The average molecular weight is 465 g/mol. The van der Waals surface area contributed by atoms with Gasteiger partial charge in [0.1, 0.15) is 0 Å². The van der Waals surface area contributed by atoms with Crippen LogP contribution in [0.25, 0.3) is 0 Å². The van der Waals surface area contributed by atoms with Gasteiger partial charge in [0.05, 0.1) is 6.54 Å². The summed E-state index contributed by atoms with van der Waals surface area (Å²) in [6, 6.07) is 15.6. The molecule has 0 aliphatic carbocycles. The number of carbonyl (C=O) groups excluding carboxylic acids is 4. The number of benzene rings is 2. The first-order valence-electron chi connectivity index (χ1n) is 11.3. The number of nitrogens with one attached hydrogen (secondary N) is 1. The fourth-order valence-electron chi connectivity index (χ4n) is 4.40. The third kappa shape index (κ3) is 5.03. The molecule has 0 aromatic heterocycles. The fraction of sp³-hybridized carbons (Fsp3) is 0.360. The largest absolute Gasteiger partial charge is 0.438 e. The third-order valence-corrected chi connectivity index (χ3v) is 6.11. The lowest BCUT2D eigenvalue weighted by Crippen LogP contribution is -2.55. The maximum absolute atomic E-state index is 13.7. The first-order chi connectivity index (χ1) is 16.3. The van der Waals surface area contributed by atoms with E-state index >= 15 is 0 Å². The highest BCUT2D eigenvalue weighted by Crippen LogP contribution is 2.36. The summed E-state index contributed by atoms with van der Waals surface area (Å²) in [7, 11) is 0. The summed E-state index contributed by atoms with van der Waals surface area (Å²) in [5.74, 6) is -0.466. The van der Waals surface area contributed by atoms with Crippen LogP contribution in [0.4, 0.5) is 10.5 Å². The van der Waals surface area contributed by atoms with E-state index in [-0.39, 0.29) is 24.3 Å². The topological polar surface area (TPSA) is 99.3 Å². The second kappa shape index (κ2) is 9.94. The van der Waals surface area contributed by atoms with Crippen molar-refractivity contribution < 1.29 is 23.9 Å². The van der Waals surface area contributed by atoms with Crippen molar-refractivity contribution in [1.82, 2.24) is 14.7 Å². The highest BCUT2D eigenvalue weighted by molar-refractivity contribution is 5.90. The lowest BCUT2D eigenvalue weighted by molar-refractivity contribution is -0.142. The number of carbonyl (C=O) groups is 4. The molecule has 4 rings (SSSR count). The summed E-state index contributed by atoms with van der Waals surface area (Å²) in [5, 5.41) is 2.73. The Morgan fingerprint density at radius 1 is 0.941 bits per heavy atom. The molecule has 0 radical (unpaired) electrons. The van der Waals surface area contributed by atoms with E-state index < -0.39 is 18.2 Å². The molecule has 2 fully saturated rings. The number of piperazine rings is 1. The minimum atomic E-state index is -0.871. The molecule has 2 saturated heterocycles. The molecule has 2 aromatic rings. The quantitative estimate of drug-likeness (QED) is 0.733. The summed E-state index contributed by atoms with van der Waals surface area (Å²) >= 11 is 0. The zero-order chi connectivity index (χ0) is 24.2. The molecule has 4 amide bonds. The van der Waals surface area contributed by atoms with E-state index in [1.54, 1.807) is 34.1 Å². The van der Waals surface area contributed by atoms with E-state index in [0.29, 0.717) is 37.4 Å². The van der Waals surface area contributed by atoms with Crippen LogP contribution in [-0.2, 0) is 25.7 Å². The van der Waals surface area contributed by atoms with Gasteiger partial charge in [-0.2, -0.15) is 0 Å². The third-order valence-electron chi connectivity index (χ3n) is 6.11. The molecule has 2 heterocycles. The predicted molar refractivity (Wildman–Crippen MR) is 125 cm³/mol. The van der Waals surface area contributed by atoms with Crippen molar-refractivity contribution in [1.29, 1.82) is 0 Å². The lowest BCUT2D eigenvalue weighted by Gasteiger charge is -2.37. The molecule has 2 aliphatic heterocycles. The maximum atomic E-state index is 13.7. The van der Waals surface area contributed by atoms with E-state index in [4.69, 9.17) is 4.74 Å². The molecule has 34 heavy (non-hydrogen) atoms. The van der Waals surface area contributed by atoms with Gasteiger partial charge in [0.15, 0.2) is 12.1 Å². The Hall–Kier alpha value is -3.88. The van der Waals surface area contributed by atoms with E-state index in [1.807, 2.05) is 30.3 Å². The standard InChI is InChI=1S/C25H28N4O5/c1-17(30)26-21-10-6-9-20(15-21)23-22(24(32)28-13-11-27(12-14-28)18(2)31)29(25(33)34-23)16-19-7-4-3-5-8-19/h3-10,15,22-23H,11-14,16H2,1-2H3,(H,26,30). The van der Waals surface area contributed by atoms with Crippen LogP contribution < -0.4 is 5.32 Å². The number of anilines is 1. The summed E-state index contributed by atoms with van der Waals surface area (Å²) in [5.41, 5.74) is 2.06. The number of hydrogen-bond donors (Lipinski definition) is 1. The zero-order valence-electron chi connectivity index (χ0n) is 19.3. The van der Waals surface area contributed by atoms with Gasteiger partial charge in [-0.15, -0.1) is 0 Å². The van der Waals surface area contributed by atoms with Crippen LogP contribution in [0.1, 0.15) is 31.1 Å². The average Bonchev–Trinajstić information content (AvgIpc) is 3.15. The van der Waals surface area contributed by atoms with Gasteiger partial charge >= 0.3 is 6.09 Å². The SMILES string of the molecule is CC(=O)Nc1cccc(C2OC(=O)N(Cc3ccccc3)C2C(=O)N2CCN(C(C)=O)CC2)c1. The second-order valence-corrected chi connectivity index (χ2v) is 8.50. The number of ether oxygens (including phenoxy) is 1. The molecule has 2 atom stereocenters. The van der Waals surface area contributed by atoms with Crippen molar-refractivity contribution in [3.05, 3.63) is 65.7 Å². The molecule has 9 nitrogen and oxygen atoms in total. The van der Waals surface area contributed by atoms with Gasteiger partial charge in [0.25, 0.3) is 0 Å². The van der Waals surface area contributed by atoms with Crippen LogP contribution >= 0.6 is 0 Å². The zero-order valence-corrected chi connectivity index (χ0v) is 19.3. The van der Waals surface area contributed by atoms with Crippen LogP contribution in [0.3, 0.4) is 0 Å². The molecule has 1 N–H and O–H groups in total. The van der Waals surface area contributed by atoms with E-state index in [9.17, 15) is 19.2 Å². The molecule has 9 heteroatoms. The Labute approximate surface area is 198 Å². The molecule has 0 spiro atoms. The summed E-state index contributed by atoms with van der Waals surface area (Å²) < 4.78 is 5.74. The fourth-order valence-corrected chi connectivity index (χ4v) is 4.40. The van der Waals surface area contributed by atoms with Gasteiger partial charge in [-0.25, -0.2) is 4.79 Å². The molecular formula is C25H28N4O5. The van der Waals surface area contributed by atoms with E-state index in [2.05, 4.69) is 5.32 Å². The molecule has 2 aliphatic rings. The monoisotopic (exact) mass is 464 g/mol. The number of amides is 4. The van der Waals surface area contributed by atoms with Crippen molar-refractivity contribution in [2.24, 2.45) is 0 Å². The molecule has 0 saturated carbocycles. The van der Waals surface area contributed by atoms with Gasteiger partial charge in [-0.3, -0.25) is 19.3 Å². The minimum absolute atomic E-state index is 0.0233. The van der Waals surface area contributed by atoms with Crippen LogP contribution in [-0.4, -0.2) is 70.7 Å². The van der Waals surface area contributed by atoms with Crippen molar-refractivity contribution in [3.63, 3.8) is 0 Å². The van der Waals surface area contributed by atoms with Gasteiger partial charge < -0.3 is 19.9 Å². The predicted octanol–water partition coefficient (Wildman–Crippen LogP) is 2.40. The summed E-state index contributed by atoms with van der Waals surface area (Å²) in [6.45, 7) is 4.83. The molecule has 178 valence electrons. The van der Waals surface area contributed by atoms with Gasteiger partial charge in [-0.05, 0) is 23.3 Å². The summed E-state index contributed by atoms with van der Waals surface area (Å²) in [4.78, 5) is 54.8. The number of nitrogens with zero attached hydrogens (tertiary/aromatic N) is 3. The lowest BCUT2D eigenvalue weighted by atomic mass is 9.99. The Balaban J connectivity index is 1.63. The van der Waals surface area contributed by atoms with Gasteiger partial charge in [0.2, 0.25) is 17.7 Å². The first-order valence-corrected chi connectivity index (χ1v) is 11.3. The number of rotatable bonds is 5. The molecular weight excluding hydrogens is 436 g/mol. The smallest absolute Gasteiger partial charge is 0.411 e. The summed E-state index contributed by atoms with van der Waals surface area (Å²) in [6.07, 6.45) is -1.40. The van der Waals surface area contributed by atoms with Gasteiger partial charge in [-0.1, -0.05) is 42.5 Å².